The summed E-state index contributed by atoms with van der Waals surface area (Å²) in [5.41, 5.74) is 2.54. The zero-order valence-electron chi connectivity index (χ0n) is 16.7. The van der Waals surface area contributed by atoms with Crippen molar-refractivity contribution in [3.05, 3.63) is 17.1 Å². The van der Waals surface area contributed by atoms with Gasteiger partial charge in [-0.05, 0) is 51.9 Å². The maximum atomic E-state index is 12.3. The lowest BCUT2D eigenvalue weighted by atomic mass is 9.72. The normalized spacial score (nSPS) is 20.1. The molecule has 3 rings (SSSR count). The zero-order valence-corrected chi connectivity index (χ0v) is 16.7. The second kappa shape index (κ2) is 7.91. The molecule has 1 spiro atoms. The quantitative estimate of drug-likeness (QED) is 0.756. The maximum absolute atomic E-state index is 12.3. The number of rotatable bonds is 5. The topological polar surface area (TPSA) is 58.6 Å². The minimum atomic E-state index is 0.280. The van der Waals surface area contributed by atoms with Crippen LogP contribution in [0.2, 0.25) is 0 Å². The lowest BCUT2D eigenvalue weighted by Crippen LogP contribution is -2.52. The van der Waals surface area contributed by atoms with Crippen LogP contribution in [0.3, 0.4) is 0 Å². The number of hydrogen-bond acceptors (Lipinski definition) is 5. The Morgan fingerprint density at radius 1 is 1.12 bits per heavy atom. The van der Waals surface area contributed by atoms with Gasteiger partial charge < -0.3 is 14.5 Å². The Kier molecular flexibility index (Phi) is 5.80. The third-order valence-electron chi connectivity index (χ3n) is 6.12. The molecule has 0 N–H and O–H groups in total. The van der Waals surface area contributed by atoms with E-state index in [9.17, 15) is 4.79 Å². The van der Waals surface area contributed by atoms with Gasteiger partial charge in [-0.15, -0.1) is 0 Å². The number of piperidine rings is 2. The summed E-state index contributed by atoms with van der Waals surface area (Å²) in [6, 6.07) is 0. The van der Waals surface area contributed by atoms with Gasteiger partial charge in [0, 0.05) is 57.6 Å². The number of likely N-dealkylation sites (tertiary alicyclic amines) is 1. The Labute approximate surface area is 156 Å². The molecule has 26 heavy (non-hydrogen) atoms. The van der Waals surface area contributed by atoms with Crippen LogP contribution in [0.1, 0.15) is 49.2 Å². The monoisotopic (exact) mass is 360 g/mol. The molecule has 6 nitrogen and oxygen atoms in total. The zero-order chi connectivity index (χ0) is 18.7. The van der Waals surface area contributed by atoms with Crippen molar-refractivity contribution >= 4 is 11.7 Å². The highest BCUT2D eigenvalue weighted by atomic mass is 16.5. The average molecular weight is 361 g/mol. The number of ether oxygens (including phenoxy) is 1. The van der Waals surface area contributed by atoms with E-state index in [2.05, 4.69) is 28.6 Å². The van der Waals surface area contributed by atoms with Crippen LogP contribution in [0.5, 0.6) is 0 Å². The molecule has 1 aromatic heterocycles. The minimum absolute atomic E-state index is 0.280. The molecule has 0 bridgehead atoms. The molecular formula is C20H32N4O2. The summed E-state index contributed by atoms with van der Waals surface area (Å²) in [5.74, 6) is 2.25. The average Bonchev–Trinajstić information content (AvgIpc) is 2.62. The van der Waals surface area contributed by atoms with Crippen molar-refractivity contribution in [3.8, 4) is 0 Å². The maximum Gasteiger partial charge on any atom is 0.222 e. The highest BCUT2D eigenvalue weighted by Crippen LogP contribution is 2.41. The van der Waals surface area contributed by atoms with Gasteiger partial charge in [-0.25, -0.2) is 9.97 Å². The summed E-state index contributed by atoms with van der Waals surface area (Å²) in [6.45, 7) is 10.6. The number of amides is 1. The fraction of sp³-hybridized carbons (Fsp3) is 0.750. The standard InChI is InChI=1S/C20H32N4O2/c1-15-16(2)21-17(3)22-19(15)23-11-8-20(9-12-23)7-6-18(25)24(14-20)10-5-13-26-4/h5-14H2,1-4H3. The van der Waals surface area contributed by atoms with Gasteiger partial charge in [0.2, 0.25) is 5.91 Å². The molecule has 2 saturated heterocycles. The molecule has 0 radical (unpaired) electrons. The molecule has 2 aliphatic rings. The fourth-order valence-electron chi connectivity index (χ4n) is 4.37. The number of aromatic nitrogens is 2. The number of nitrogens with zero attached hydrogens (tertiary/aromatic N) is 4. The molecule has 3 heterocycles. The van der Waals surface area contributed by atoms with Crippen LogP contribution < -0.4 is 4.90 Å². The summed E-state index contributed by atoms with van der Waals surface area (Å²) in [6.07, 6.45) is 4.90. The first kappa shape index (κ1) is 19.1. The first-order chi connectivity index (χ1) is 12.4. The highest BCUT2D eigenvalue weighted by Gasteiger charge is 2.41. The number of hydrogen-bond donors (Lipinski definition) is 0. The first-order valence-electron chi connectivity index (χ1n) is 9.78. The van der Waals surface area contributed by atoms with E-state index in [1.54, 1.807) is 7.11 Å². The van der Waals surface area contributed by atoms with Gasteiger partial charge in [0.1, 0.15) is 11.6 Å². The molecule has 1 aromatic rings. The number of carbonyl (C=O) groups excluding carboxylic acids is 1. The van der Waals surface area contributed by atoms with E-state index in [0.29, 0.717) is 12.3 Å². The summed E-state index contributed by atoms with van der Waals surface area (Å²) < 4.78 is 5.14. The third-order valence-corrected chi connectivity index (χ3v) is 6.12. The van der Waals surface area contributed by atoms with Gasteiger partial charge in [0.25, 0.3) is 0 Å². The van der Waals surface area contributed by atoms with Gasteiger partial charge in [0.15, 0.2) is 0 Å². The van der Waals surface area contributed by atoms with Crippen LogP contribution in [-0.4, -0.2) is 60.7 Å². The van der Waals surface area contributed by atoms with Gasteiger partial charge in [-0.1, -0.05) is 0 Å². The van der Waals surface area contributed by atoms with E-state index in [4.69, 9.17) is 9.72 Å². The molecule has 0 atom stereocenters. The Morgan fingerprint density at radius 2 is 1.85 bits per heavy atom. The van der Waals surface area contributed by atoms with Crippen molar-refractivity contribution in [3.63, 3.8) is 0 Å². The Bertz CT molecular complexity index is 653. The molecule has 0 unspecified atom stereocenters. The summed E-state index contributed by atoms with van der Waals surface area (Å²) in [5, 5.41) is 0. The summed E-state index contributed by atoms with van der Waals surface area (Å²) in [4.78, 5) is 25.9. The Hall–Kier alpha value is -1.69. The number of anilines is 1. The molecule has 2 fully saturated rings. The number of carbonyl (C=O) groups is 1. The van der Waals surface area contributed by atoms with Gasteiger partial charge in [-0.2, -0.15) is 0 Å². The number of aryl methyl sites for hydroxylation is 2. The Morgan fingerprint density at radius 3 is 2.54 bits per heavy atom. The molecule has 0 saturated carbocycles. The van der Waals surface area contributed by atoms with Crippen molar-refractivity contribution in [2.75, 3.05) is 44.8 Å². The van der Waals surface area contributed by atoms with Crippen LogP contribution in [0, 0.1) is 26.2 Å². The van der Waals surface area contributed by atoms with E-state index in [1.165, 1.54) is 5.56 Å². The van der Waals surface area contributed by atoms with Crippen molar-refractivity contribution in [2.45, 2.75) is 52.9 Å². The van der Waals surface area contributed by atoms with Crippen LogP contribution in [0.4, 0.5) is 5.82 Å². The molecule has 0 aromatic carbocycles. The molecular weight excluding hydrogens is 328 g/mol. The van der Waals surface area contributed by atoms with E-state index >= 15 is 0 Å². The second-order valence-corrected chi connectivity index (χ2v) is 7.95. The molecule has 1 amide bonds. The van der Waals surface area contributed by atoms with Crippen LogP contribution in [-0.2, 0) is 9.53 Å². The second-order valence-electron chi connectivity index (χ2n) is 7.95. The Balaban J connectivity index is 1.65. The third kappa shape index (κ3) is 4.00. The van der Waals surface area contributed by atoms with E-state index in [0.717, 1.165) is 75.8 Å². The van der Waals surface area contributed by atoms with Crippen molar-refractivity contribution in [1.82, 2.24) is 14.9 Å². The van der Waals surface area contributed by atoms with Gasteiger partial charge >= 0.3 is 0 Å². The number of methoxy groups -OCH3 is 1. The molecule has 6 heteroatoms. The minimum Gasteiger partial charge on any atom is -0.385 e. The SMILES string of the molecule is COCCCN1CC2(CCC1=O)CCN(c1nc(C)nc(C)c1C)CC2. The van der Waals surface area contributed by atoms with Crippen LogP contribution in [0.25, 0.3) is 0 Å². The lowest BCUT2D eigenvalue weighted by Gasteiger charge is -2.48. The summed E-state index contributed by atoms with van der Waals surface area (Å²) in [7, 11) is 1.72. The van der Waals surface area contributed by atoms with E-state index < -0.39 is 0 Å². The predicted molar refractivity (Wildman–Crippen MR) is 102 cm³/mol. The van der Waals surface area contributed by atoms with Crippen molar-refractivity contribution < 1.29 is 9.53 Å². The largest absolute Gasteiger partial charge is 0.385 e. The van der Waals surface area contributed by atoms with E-state index in [1.807, 2.05) is 6.92 Å². The van der Waals surface area contributed by atoms with Crippen molar-refractivity contribution in [2.24, 2.45) is 5.41 Å². The lowest BCUT2D eigenvalue weighted by molar-refractivity contribution is -0.138. The molecule has 144 valence electrons. The summed E-state index contributed by atoms with van der Waals surface area (Å²) >= 11 is 0. The smallest absolute Gasteiger partial charge is 0.222 e. The van der Waals surface area contributed by atoms with Gasteiger partial charge in [0.05, 0.1) is 0 Å². The van der Waals surface area contributed by atoms with E-state index in [-0.39, 0.29) is 5.41 Å². The first-order valence-corrected chi connectivity index (χ1v) is 9.78. The highest BCUT2D eigenvalue weighted by molar-refractivity contribution is 5.77. The predicted octanol–water partition coefficient (Wildman–Crippen LogP) is 2.65. The van der Waals surface area contributed by atoms with Gasteiger partial charge in [-0.3, -0.25) is 4.79 Å². The molecule has 0 aliphatic carbocycles. The van der Waals surface area contributed by atoms with Crippen LogP contribution in [0.15, 0.2) is 0 Å². The van der Waals surface area contributed by atoms with Crippen LogP contribution >= 0.6 is 0 Å². The molecule has 2 aliphatic heterocycles. The fourth-order valence-corrected chi connectivity index (χ4v) is 4.37. The van der Waals surface area contributed by atoms with Crippen molar-refractivity contribution in [1.29, 1.82) is 0 Å².